The van der Waals surface area contributed by atoms with E-state index in [0.717, 1.165) is 37.6 Å². The van der Waals surface area contributed by atoms with Gasteiger partial charge >= 0.3 is 0 Å². The first kappa shape index (κ1) is 14.2. The summed E-state index contributed by atoms with van der Waals surface area (Å²) >= 11 is 0. The molecule has 118 valence electrons. The van der Waals surface area contributed by atoms with Crippen molar-refractivity contribution in [3.05, 3.63) is 66.1 Å². The van der Waals surface area contributed by atoms with Gasteiger partial charge in [0.1, 0.15) is 5.82 Å². The minimum absolute atomic E-state index is 0.268. The summed E-state index contributed by atoms with van der Waals surface area (Å²) in [5, 5.41) is 0. The highest BCUT2D eigenvalue weighted by atomic mass is 19.1. The smallest absolute Gasteiger partial charge is 0.154 e. The van der Waals surface area contributed by atoms with Crippen molar-refractivity contribution in [3.63, 3.8) is 0 Å². The van der Waals surface area contributed by atoms with Gasteiger partial charge in [-0.25, -0.2) is 9.37 Å². The van der Waals surface area contributed by atoms with Crippen LogP contribution in [0.2, 0.25) is 0 Å². The van der Waals surface area contributed by atoms with Gasteiger partial charge in [0.05, 0.1) is 18.6 Å². The zero-order chi connectivity index (χ0) is 15.6. The van der Waals surface area contributed by atoms with E-state index >= 15 is 0 Å². The molecular formula is C19H20FN3. The Morgan fingerprint density at radius 1 is 1.22 bits per heavy atom. The SMILES string of the molecule is Fc1cnc2c(c1)N([C@H]1C=CCCC1)CN2Cc1ccccc1. The third-order valence-electron chi connectivity index (χ3n) is 4.59. The maximum atomic E-state index is 13.7. The molecule has 4 rings (SSSR count). The number of allylic oxidation sites excluding steroid dienone is 1. The van der Waals surface area contributed by atoms with Crippen molar-refractivity contribution < 1.29 is 4.39 Å². The van der Waals surface area contributed by atoms with Crippen molar-refractivity contribution in [1.29, 1.82) is 0 Å². The summed E-state index contributed by atoms with van der Waals surface area (Å²) in [6.07, 6.45) is 9.26. The molecule has 1 aromatic heterocycles. The molecule has 0 N–H and O–H groups in total. The van der Waals surface area contributed by atoms with E-state index in [1.165, 1.54) is 18.2 Å². The molecule has 0 saturated carbocycles. The summed E-state index contributed by atoms with van der Waals surface area (Å²) in [5.74, 6) is 0.615. The van der Waals surface area contributed by atoms with Crippen LogP contribution < -0.4 is 9.80 Å². The van der Waals surface area contributed by atoms with Crippen molar-refractivity contribution in [2.45, 2.75) is 31.8 Å². The number of rotatable bonds is 3. The molecule has 1 aromatic carbocycles. The van der Waals surface area contributed by atoms with Crippen LogP contribution >= 0.6 is 0 Å². The van der Waals surface area contributed by atoms with Crippen molar-refractivity contribution in [3.8, 4) is 0 Å². The van der Waals surface area contributed by atoms with Crippen molar-refractivity contribution >= 4 is 11.5 Å². The number of hydrogen-bond donors (Lipinski definition) is 0. The van der Waals surface area contributed by atoms with Crippen LogP contribution in [0.4, 0.5) is 15.9 Å². The van der Waals surface area contributed by atoms with E-state index in [4.69, 9.17) is 0 Å². The number of nitrogens with zero attached hydrogens (tertiary/aromatic N) is 3. The van der Waals surface area contributed by atoms with Gasteiger partial charge in [-0.3, -0.25) is 0 Å². The average molecular weight is 309 g/mol. The first-order chi connectivity index (χ1) is 11.3. The number of aromatic nitrogens is 1. The maximum Gasteiger partial charge on any atom is 0.154 e. The van der Waals surface area contributed by atoms with Gasteiger partial charge in [0.2, 0.25) is 0 Å². The molecule has 23 heavy (non-hydrogen) atoms. The highest BCUT2D eigenvalue weighted by Gasteiger charge is 2.31. The molecule has 0 unspecified atom stereocenters. The zero-order valence-corrected chi connectivity index (χ0v) is 13.0. The minimum Gasteiger partial charge on any atom is -0.344 e. The highest BCUT2D eigenvalue weighted by Crippen LogP contribution is 2.38. The second kappa shape index (κ2) is 6.03. The van der Waals surface area contributed by atoms with E-state index in [9.17, 15) is 4.39 Å². The summed E-state index contributed by atoms with van der Waals surface area (Å²) in [7, 11) is 0. The molecule has 1 aliphatic heterocycles. The summed E-state index contributed by atoms with van der Waals surface area (Å²) in [4.78, 5) is 8.88. The van der Waals surface area contributed by atoms with Gasteiger partial charge in [0.25, 0.3) is 0 Å². The van der Waals surface area contributed by atoms with Gasteiger partial charge in [-0.15, -0.1) is 0 Å². The third kappa shape index (κ3) is 2.81. The second-order valence-corrected chi connectivity index (χ2v) is 6.22. The fourth-order valence-corrected chi connectivity index (χ4v) is 3.47. The lowest BCUT2D eigenvalue weighted by Crippen LogP contribution is -2.38. The van der Waals surface area contributed by atoms with E-state index in [1.54, 1.807) is 6.07 Å². The van der Waals surface area contributed by atoms with Crippen LogP contribution in [0.5, 0.6) is 0 Å². The van der Waals surface area contributed by atoms with E-state index < -0.39 is 0 Å². The first-order valence-electron chi connectivity index (χ1n) is 8.19. The molecule has 0 saturated heterocycles. The van der Waals surface area contributed by atoms with Crippen molar-refractivity contribution in [2.24, 2.45) is 0 Å². The van der Waals surface area contributed by atoms with Crippen LogP contribution in [0.1, 0.15) is 24.8 Å². The second-order valence-electron chi connectivity index (χ2n) is 6.22. The quantitative estimate of drug-likeness (QED) is 0.795. The standard InChI is InChI=1S/C19H20FN3/c20-16-11-18-19(21-12-16)22(13-15-7-3-1-4-8-15)14-23(18)17-9-5-2-6-10-17/h1,3-5,7-9,11-12,17H,2,6,10,13-14H2/t17-/m0/s1. The molecule has 1 atom stereocenters. The highest BCUT2D eigenvalue weighted by molar-refractivity contribution is 5.73. The Labute approximate surface area is 136 Å². The lowest BCUT2D eigenvalue weighted by atomic mass is 10.0. The lowest BCUT2D eigenvalue weighted by molar-refractivity contribution is 0.588. The Morgan fingerprint density at radius 2 is 2.09 bits per heavy atom. The number of pyridine rings is 1. The van der Waals surface area contributed by atoms with E-state index in [0.29, 0.717) is 6.04 Å². The molecule has 2 aromatic rings. The van der Waals surface area contributed by atoms with Crippen LogP contribution in [0.15, 0.2) is 54.7 Å². The molecule has 0 spiro atoms. The Kier molecular flexibility index (Phi) is 3.74. The van der Waals surface area contributed by atoms with Gasteiger partial charge < -0.3 is 9.80 Å². The number of hydrogen-bond acceptors (Lipinski definition) is 3. The molecule has 0 amide bonds. The fraction of sp³-hybridized carbons (Fsp3) is 0.316. The summed E-state index contributed by atoms with van der Waals surface area (Å²) in [5.41, 5.74) is 2.16. The van der Waals surface area contributed by atoms with Crippen molar-refractivity contribution in [2.75, 3.05) is 16.5 Å². The van der Waals surface area contributed by atoms with Gasteiger partial charge in [-0.05, 0) is 24.8 Å². The largest absolute Gasteiger partial charge is 0.344 e. The molecule has 2 aliphatic rings. The summed E-state index contributed by atoms with van der Waals surface area (Å²) in [6.45, 7) is 1.55. The van der Waals surface area contributed by atoms with Crippen molar-refractivity contribution in [1.82, 2.24) is 4.98 Å². The Balaban J connectivity index is 1.65. The first-order valence-corrected chi connectivity index (χ1v) is 8.19. The number of benzene rings is 1. The van der Waals surface area contributed by atoms with Crippen LogP contribution in [0, 0.1) is 5.82 Å². The monoisotopic (exact) mass is 309 g/mol. The van der Waals surface area contributed by atoms with Crippen LogP contribution in [0.3, 0.4) is 0 Å². The lowest BCUT2D eigenvalue weighted by Gasteiger charge is -2.30. The normalized spacial score (nSPS) is 20.0. The molecule has 3 nitrogen and oxygen atoms in total. The van der Waals surface area contributed by atoms with Gasteiger partial charge in [-0.2, -0.15) is 0 Å². The summed E-state index contributed by atoms with van der Waals surface area (Å²) in [6, 6.07) is 12.3. The average Bonchev–Trinajstić information content (AvgIpc) is 2.94. The molecule has 0 fully saturated rings. The maximum absolute atomic E-state index is 13.7. The van der Waals surface area contributed by atoms with Gasteiger partial charge in [0, 0.05) is 18.7 Å². The topological polar surface area (TPSA) is 19.4 Å². The molecule has 1 aliphatic carbocycles. The zero-order valence-electron chi connectivity index (χ0n) is 13.0. The van der Waals surface area contributed by atoms with Crippen LogP contribution in [0.25, 0.3) is 0 Å². The van der Waals surface area contributed by atoms with Crippen LogP contribution in [-0.2, 0) is 6.54 Å². The van der Waals surface area contributed by atoms with E-state index in [1.807, 2.05) is 18.2 Å². The summed E-state index contributed by atoms with van der Waals surface area (Å²) < 4.78 is 13.7. The number of anilines is 2. The van der Waals surface area contributed by atoms with Gasteiger partial charge in [-0.1, -0.05) is 42.5 Å². The number of halogens is 1. The van der Waals surface area contributed by atoms with E-state index in [-0.39, 0.29) is 5.82 Å². The molecule has 0 bridgehead atoms. The van der Waals surface area contributed by atoms with Gasteiger partial charge in [0.15, 0.2) is 5.82 Å². The molecule has 2 heterocycles. The fourth-order valence-electron chi connectivity index (χ4n) is 3.47. The Morgan fingerprint density at radius 3 is 2.87 bits per heavy atom. The Bertz CT molecular complexity index is 714. The number of fused-ring (bicyclic) bond motifs is 1. The predicted octanol–water partition coefficient (Wildman–Crippen LogP) is 4.11. The molecule has 4 heteroatoms. The Hall–Kier alpha value is -2.36. The minimum atomic E-state index is -0.268. The third-order valence-corrected chi connectivity index (χ3v) is 4.59. The predicted molar refractivity (Wildman–Crippen MR) is 90.9 cm³/mol. The van der Waals surface area contributed by atoms with Crippen LogP contribution in [-0.4, -0.2) is 17.7 Å². The molecule has 0 radical (unpaired) electrons. The van der Waals surface area contributed by atoms with E-state index in [2.05, 4.69) is 39.1 Å². The molecular weight excluding hydrogens is 289 g/mol.